The molecular weight excluding hydrogens is 434 g/mol. The summed E-state index contributed by atoms with van der Waals surface area (Å²) in [5.41, 5.74) is 5.26. The summed E-state index contributed by atoms with van der Waals surface area (Å²) in [7, 11) is 0. The average Bonchev–Trinajstić information content (AvgIpc) is 3.38. The van der Waals surface area contributed by atoms with E-state index in [1.165, 1.54) is 0 Å². The molecule has 1 aromatic carbocycles. The van der Waals surface area contributed by atoms with Gasteiger partial charge in [-0.1, -0.05) is 0 Å². The van der Waals surface area contributed by atoms with E-state index >= 15 is 0 Å². The Morgan fingerprint density at radius 1 is 1.18 bits per heavy atom. The van der Waals surface area contributed by atoms with Crippen molar-refractivity contribution >= 4 is 28.5 Å². The summed E-state index contributed by atoms with van der Waals surface area (Å²) >= 11 is 0. The van der Waals surface area contributed by atoms with E-state index in [-0.39, 0.29) is 12.7 Å². The van der Waals surface area contributed by atoms with Crippen LogP contribution >= 0.6 is 0 Å². The molecule has 10 nitrogen and oxygen atoms in total. The van der Waals surface area contributed by atoms with Crippen LogP contribution in [-0.4, -0.2) is 70.0 Å². The summed E-state index contributed by atoms with van der Waals surface area (Å²) in [4.78, 5) is 16.0. The molecule has 3 N–H and O–H groups in total. The van der Waals surface area contributed by atoms with E-state index in [4.69, 9.17) is 14.5 Å². The summed E-state index contributed by atoms with van der Waals surface area (Å²) in [6.07, 6.45) is 7.23. The molecule has 0 unspecified atom stereocenters. The highest BCUT2D eigenvalue weighted by molar-refractivity contribution is 5.75. The molecule has 174 valence electrons. The molecule has 4 aromatic rings. The Morgan fingerprint density at radius 2 is 2.09 bits per heavy atom. The van der Waals surface area contributed by atoms with Crippen LogP contribution in [0.15, 0.2) is 55.1 Å². The molecule has 0 bridgehead atoms. The number of nitrogens with zero attached hydrogens (tertiary/aromatic N) is 5. The molecule has 34 heavy (non-hydrogen) atoms. The van der Waals surface area contributed by atoms with Gasteiger partial charge in [-0.15, -0.1) is 0 Å². The summed E-state index contributed by atoms with van der Waals surface area (Å²) in [6, 6.07) is 10.2. The van der Waals surface area contributed by atoms with E-state index in [1.54, 1.807) is 12.4 Å². The number of hydrogen-bond acceptors (Lipinski definition) is 9. The number of ether oxygens (including phenoxy) is 2. The molecule has 1 fully saturated rings. The van der Waals surface area contributed by atoms with Crippen LogP contribution in [0.3, 0.4) is 0 Å². The minimum absolute atomic E-state index is 0.0291. The molecule has 2 aliphatic rings. The summed E-state index contributed by atoms with van der Waals surface area (Å²) in [5, 5.41) is 16.1. The number of nitrogens with one attached hydrogen (secondary N) is 2. The first-order valence-electron chi connectivity index (χ1n) is 11.3. The van der Waals surface area contributed by atoms with Crippen molar-refractivity contribution in [3.05, 3.63) is 55.1 Å². The first-order valence-corrected chi connectivity index (χ1v) is 11.3. The summed E-state index contributed by atoms with van der Waals surface area (Å²) < 4.78 is 13.1. The number of fused-ring (bicyclic) bond motifs is 2. The maximum absolute atomic E-state index is 9.41. The SMILES string of the molecule is OC[C@H]1CN(c2ccc(Nc3nc(-c4cnc5c(c4)NCCO5)cn4ccnc34)cc2)CCO1. The average molecular weight is 460 g/mol. The molecule has 1 atom stereocenters. The number of imidazole rings is 1. The predicted molar refractivity (Wildman–Crippen MR) is 129 cm³/mol. The Labute approximate surface area is 196 Å². The number of benzene rings is 1. The molecule has 0 spiro atoms. The maximum atomic E-state index is 9.41. The lowest BCUT2D eigenvalue weighted by Crippen LogP contribution is -2.44. The monoisotopic (exact) mass is 459 g/mol. The number of aliphatic hydroxyl groups is 1. The van der Waals surface area contributed by atoms with Crippen LogP contribution in [0.4, 0.5) is 22.9 Å². The van der Waals surface area contributed by atoms with Crippen molar-refractivity contribution in [2.45, 2.75) is 6.10 Å². The van der Waals surface area contributed by atoms with Gasteiger partial charge in [-0.3, -0.25) is 0 Å². The first-order chi connectivity index (χ1) is 16.8. The van der Waals surface area contributed by atoms with Gasteiger partial charge in [0.1, 0.15) is 6.61 Å². The fourth-order valence-electron chi connectivity index (χ4n) is 4.28. The van der Waals surface area contributed by atoms with Gasteiger partial charge in [0.2, 0.25) is 5.88 Å². The molecular formula is C24H25N7O3. The van der Waals surface area contributed by atoms with Crippen LogP contribution < -0.4 is 20.3 Å². The van der Waals surface area contributed by atoms with E-state index in [9.17, 15) is 5.11 Å². The molecule has 1 saturated heterocycles. The second-order valence-corrected chi connectivity index (χ2v) is 8.28. The van der Waals surface area contributed by atoms with E-state index in [0.29, 0.717) is 31.5 Å². The molecule has 2 aliphatic heterocycles. The Morgan fingerprint density at radius 3 is 2.97 bits per heavy atom. The number of rotatable bonds is 5. The number of aliphatic hydroxyl groups excluding tert-OH is 1. The lowest BCUT2D eigenvalue weighted by Gasteiger charge is -2.33. The van der Waals surface area contributed by atoms with Crippen LogP contribution in [0.2, 0.25) is 0 Å². The van der Waals surface area contributed by atoms with Crippen molar-refractivity contribution in [1.29, 1.82) is 0 Å². The fourth-order valence-corrected chi connectivity index (χ4v) is 4.28. The van der Waals surface area contributed by atoms with Crippen molar-refractivity contribution in [1.82, 2.24) is 19.4 Å². The van der Waals surface area contributed by atoms with Crippen molar-refractivity contribution in [3.8, 4) is 17.1 Å². The summed E-state index contributed by atoms with van der Waals surface area (Å²) in [5.74, 6) is 1.27. The summed E-state index contributed by atoms with van der Waals surface area (Å²) in [6.45, 7) is 3.48. The van der Waals surface area contributed by atoms with Gasteiger partial charge in [-0.2, -0.15) is 0 Å². The molecule has 6 rings (SSSR count). The molecule has 5 heterocycles. The van der Waals surface area contributed by atoms with Crippen LogP contribution in [0.25, 0.3) is 16.9 Å². The van der Waals surface area contributed by atoms with Gasteiger partial charge in [-0.25, -0.2) is 15.0 Å². The van der Waals surface area contributed by atoms with Gasteiger partial charge in [-0.05, 0) is 30.3 Å². The number of anilines is 4. The van der Waals surface area contributed by atoms with E-state index in [0.717, 1.165) is 47.1 Å². The highest BCUT2D eigenvalue weighted by Crippen LogP contribution is 2.31. The lowest BCUT2D eigenvalue weighted by molar-refractivity contribution is 0.00357. The van der Waals surface area contributed by atoms with Gasteiger partial charge >= 0.3 is 0 Å². The number of aromatic nitrogens is 4. The standard InChI is InChI=1S/C24H25N7O3/c32-15-19-13-30(8-10-33-19)18-3-1-17(2-4-18)28-22-23-26-5-7-31(23)14-21(29-22)16-11-20-24(27-12-16)34-9-6-25-20/h1-5,7,11-12,14,19,25,32H,6,8-10,13,15H2,(H,28,29)/t19-/m1/s1. The van der Waals surface area contributed by atoms with Gasteiger partial charge in [0, 0.05) is 61.4 Å². The second kappa shape index (κ2) is 8.81. The largest absolute Gasteiger partial charge is 0.474 e. The first kappa shape index (κ1) is 20.7. The van der Waals surface area contributed by atoms with Crippen LogP contribution in [-0.2, 0) is 4.74 Å². The number of morpholine rings is 1. The molecule has 0 amide bonds. The van der Waals surface area contributed by atoms with Crippen LogP contribution in [0, 0.1) is 0 Å². The van der Waals surface area contributed by atoms with Gasteiger partial charge in [0.05, 0.1) is 30.7 Å². The molecule has 0 radical (unpaired) electrons. The molecule has 0 saturated carbocycles. The molecule has 3 aromatic heterocycles. The lowest BCUT2D eigenvalue weighted by atomic mass is 10.2. The van der Waals surface area contributed by atoms with Gasteiger partial charge in [0.15, 0.2) is 11.5 Å². The third-order valence-corrected chi connectivity index (χ3v) is 6.01. The normalized spacial score (nSPS) is 17.7. The molecule has 10 heteroatoms. The highest BCUT2D eigenvalue weighted by atomic mass is 16.5. The Hall–Kier alpha value is -3.89. The smallest absolute Gasteiger partial charge is 0.237 e. The van der Waals surface area contributed by atoms with Crippen molar-refractivity contribution < 1.29 is 14.6 Å². The van der Waals surface area contributed by atoms with Crippen molar-refractivity contribution in [3.63, 3.8) is 0 Å². The molecule has 0 aliphatic carbocycles. The van der Waals surface area contributed by atoms with Crippen LogP contribution in [0.1, 0.15) is 0 Å². The zero-order valence-electron chi connectivity index (χ0n) is 18.5. The number of pyridine rings is 1. The van der Waals surface area contributed by atoms with E-state index in [1.807, 2.05) is 35.0 Å². The van der Waals surface area contributed by atoms with Gasteiger partial charge in [0.25, 0.3) is 0 Å². The third kappa shape index (κ3) is 3.97. The number of hydrogen-bond donors (Lipinski definition) is 3. The van der Waals surface area contributed by atoms with E-state index < -0.39 is 0 Å². The maximum Gasteiger partial charge on any atom is 0.237 e. The van der Waals surface area contributed by atoms with E-state index in [2.05, 4.69) is 37.6 Å². The topological polar surface area (TPSA) is 109 Å². The zero-order chi connectivity index (χ0) is 22.9. The van der Waals surface area contributed by atoms with Crippen LogP contribution in [0.5, 0.6) is 5.88 Å². The fraction of sp³-hybridized carbons (Fsp3) is 0.292. The quantitative estimate of drug-likeness (QED) is 0.415. The Kier molecular flexibility index (Phi) is 5.36. The van der Waals surface area contributed by atoms with Gasteiger partial charge < -0.3 is 34.5 Å². The van der Waals surface area contributed by atoms with Crippen molar-refractivity contribution in [2.75, 3.05) is 55.0 Å². The Bertz CT molecular complexity index is 1310. The minimum Gasteiger partial charge on any atom is -0.474 e. The second-order valence-electron chi connectivity index (χ2n) is 8.28. The predicted octanol–water partition coefficient (Wildman–Crippen LogP) is 2.54. The third-order valence-electron chi connectivity index (χ3n) is 6.01. The minimum atomic E-state index is -0.146. The van der Waals surface area contributed by atoms with Crippen molar-refractivity contribution in [2.24, 2.45) is 0 Å². The zero-order valence-corrected chi connectivity index (χ0v) is 18.5. The highest BCUT2D eigenvalue weighted by Gasteiger charge is 2.20. The Balaban J connectivity index is 1.28.